The lowest BCUT2D eigenvalue weighted by Crippen LogP contribution is -2.06. The van der Waals surface area contributed by atoms with Crippen molar-refractivity contribution in [2.24, 2.45) is 5.11 Å². The predicted octanol–water partition coefficient (Wildman–Crippen LogP) is 4.05. The molecule has 0 aliphatic heterocycles. The number of halogens is 1. The Hall–Kier alpha value is -1.78. The first kappa shape index (κ1) is 14.3. The van der Waals surface area contributed by atoms with Gasteiger partial charge in [0.25, 0.3) is 0 Å². The van der Waals surface area contributed by atoms with Crippen molar-refractivity contribution < 1.29 is 9.53 Å². The fraction of sp³-hybridized carbons (Fsp3) is 0.250. The summed E-state index contributed by atoms with van der Waals surface area (Å²) in [6.07, 6.45) is 2.21. The molecule has 94 valence electrons. The molecular weight excluding hydrogens is 298 g/mol. The Morgan fingerprint density at radius 3 is 2.72 bits per heavy atom. The second-order valence-electron chi connectivity index (χ2n) is 3.41. The van der Waals surface area contributed by atoms with Gasteiger partial charge in [0.05, 0.1) is 6.61 Å². The Labute approximate surface area is 113 Å². The van der Waals surface area contributed by atoms with Gasteiger partial charge in [-0.3, -0.25) is 0 Å². The minimum absolute atomic E-state index is 0.0479. The van der Waals surface area contributed by atoms with Crippen LogP contribution in [0.4, 0.5) is 0 Å². The van der Waals surface area contributed by atoms with Crippen LogP contribution in [0, 0.1) is 0 Å². The number of hydrogen-bond acceptors (Lipinski definition) is 3. The highest BCUT2D eigenvalue weighted by atomic mass is 79.9. The van der Waals surface area contributed by atoms with Crippen LogP contribution in [-0.2, 0) is 9.53 Å². The molecule has 0 atom stereocenters. The zero-order chi connectivity index (χ0) is 13.4. The second kappa shape index (κ2) is 7.53. The molecule has 0 aliphatic carbocycles. The van der Waals surface area contributed by atoms with E-state index in [4.69, 9.17) is 10.3 Å². The average molecular weight is 310 g/mol. The number of hydrogen-bond donors (Lipinski definition) is 0. The lowest BCUT2D eigenvalue weighted by molar-refractivity contribution is -0.138. The lowest BCUT2D eigenvalue weighted by atomic mass is 10.2. The largest absolute Gasteiger partial charge is 0.462 e. The van der Waals surface area contributed by atoms with Crippen molar-refractivity contribution in [3.05, 3.63) is 50.4 Å². The van der Waals surface area contributed by atoms with E-state index < -0.39 is 5.97 Å². The van der Waals surface area contributed by atoms with Gasteiger partial charge in [0.1, 0.15) is 5.70 Å². The maximum absolute atomic E-state index is 11.6. The maximum atomic E-state index is 11.6. The highest BCUT2D eigenvalue weighted by Crippen LogP contribution is 2.14. The molecule has 0 bridgehead atoms. The van der Waals surface area contributed by atoms with Crippen LogP contribution >= 0.6 is 15.9 Å². The summed E-state index contributed by atoms with van der Waals surface area (Å²) in [5, 5.41) is 3.35. The van der Waals surface area contributed by atoms with Crippen molar-refractivity contribution in [2.45, 2.75) is 13.3 Å². The minimum atomic E-state index is -0.613. The van der Waals surface area contributed by atoms with Gasteiger partial charge in [-0.25, -0.2) is 4.79 Å². The third-order valence-corrected chi connectivity index (χ3v) is 2.50. The Morgan fingerprint density at radius 2 is 2.17 bits per heavy atom. The standard InChI is InChI=1S/C12H12BrN3O2/c1-2-7-18-12(17)11(15-16-14)8-9-3-5-10(13)6-4-9/h3-6,8H,2,7H2,1H3/b11-8-. The normalized spacial score (nSPS) is 10.7. The van der Waals surface area contributed by atoms with Crippen molar-refractivity contribution in [1.82, 2.24) is 0 Å². The van der Waals surface area contributed by atoms with Gasteiger partial charge in [0.2, 0.25) is 0 Å². The van der Waals surface area contributed by atoms with Gasteiger partial charge in [-0.05, 0) is 35.7 Å². The molecule has 0 spiro atoms. The number of carbonyl (C=O) groups excluding carboxylic acids is 1. The van der Waals surface area contributed by atoms with E-state index in [0.29, 0.717) is 13.0 Å². The summed E-state index contributed by atoms with van der Waals surface area (Å²) in [4.78, 5) is 14.2. The molecule has 1 rings (SSSR count). The van der Waals surface area contributed by atoms with Gasteiger partial charge in [-0.15, -0.1) is 0 Å². The third-order valence-electron chi connectivity index (χ3n) is 1.97. The van der Waals surface area contributed by atoms with E-state index in [9.17, 15) is 4.79 Å². The van der Waals surface area contributed by atoms with Gasteiger partial charge >= 0.3 is 5.97 Å². The van der Waals surface area contributed by atoms with E-state index in [2.05, 4.69) is 26.0 Å². The average Bonchev–Trinajstić information content (AvgIpc) is 2.38. The minimum Gasteiger partial charge on any atom is -0.462 e. The number of nitrogens with zero attached hydrogens (tertiary/aromatic N) is 3. The first-order valence-corrected chi connectivity index (χ1v) is 6.16. The first-order chi connectivity index (χ1) is 8.67. The monoisotopic (exact) mass is 309 g/mol. The zero-order valence-electron chi connectivity index (χ0n) is 9.84. The summed E-state index contributed by atoms with van der Waals surface area (Å²) in [5.74, 6) is -0.613. The fourth-order valence-electron chi connectivity index (χ4n) is 1.16. The topological polar surface area (TPSA) is 75.1 Å². The number of ether oxygens (including phenoxy) is 1. The van der Waals surface area contributed by atoms with Crippen molar-refractivity contribution in [3.63, 3.8) is 0 Å². The molecule has 0 N–H and O–H groups in total. The van der Waals surface area contributed by atoms with Crippen LogP contribution in [0.5, 0.6) is 0 Å². The van der Waals surface area contributed by atoms with Crippen LogP contribution in [0.1, 0.15) is 18.9 Å². The Balaban J connectivity index is 2.93. The van der Waals surface area contributed by atoms with Crippen molar-refractivity contribution >= 4 is 28.0 Å². The summed E-state index contributed by atoms with van der Waals surface area (Å²) in [6.45, 7) is 2.19. The summed E-state index contributed by atoms with van der Waals surface area (Å²) in [5.41, 5.74) is 9.15. The van der Waals surface area contributed by atoms with Crippen LogP contribution in [0.2, 0.25) is 0 Å². The van der Waals surface area contributed by atoms with Gasteiger partial charge < -0.3 is 4.74 Å². The van der Waals surface area contributed by atoms with E-state index in [1.165, 1.54) is 6.08 Å². The summed E-state index contributed by atoms with van der Waals surface area (Å²) in [6, 6.07) is 7.25. The van der Waals surface area contributed by atoms with Crippen molar-refractivity contribution in [1.29, 1.82) is 0 Å². The number of rotatable bonds is 5. The molecule has 0 fully saturated rings. The molecule has 0 saturated heterocycles. The van der Waals surface area contributed by atoms with Crippen LogP contribution in [0.3, 0.4) is 0 Å². The summed E-state index contributed by atoms with van der Waals surface area (Å²) in [7, 11) is 0. The molecule has 6 heteroatoms. The molecule has 0 aromatic heterocycles. The smallest absolute Gasteiger partial charge is 0.340 e. The maximum Gasteiger partial charge on any atom is 0.340 e. The highest BCUT2D eigenvalue weighted by Gasteiger charge is 2.08. The van der Waals surface area contributed by atoms with Crippen molar-refractivity contribution in [3.8, 4) is 0 Å². The number of carbonyl (C=O) groups is 1. The van der Waals surface area contributed by atoms with E-state index in [1.807, 2.05) is 19.1 Å². The molecule has 0 unspecified atom stereocenters. The number of esters is 1. The molecule has 0 heterocycles. The van der Waals surface area contributed by atoms with E-state index in [0.717, 1.165) is 10.0 Å². The van der Waals surface area contributed by atoms with Crippen molar-refractivity contribution in [2.75, 3.05) is 6.61 Å². The summed E-state index contributed by atoms with van der Waals surface area (Å²) < 4.78 is 5.85. The SMILES string of the molecule is CCCOC(=O)/C(=C/c1ccc(Br)cc1)N=[N+]=[N-]. The first-order valence-electron chi connectivity index (χ1n) is 5.37. The van der Waals surface area contributed by atoms with Crippen LogP contribution < -0.4 is 0 Å². The van der Waals surface area contributed by atoms with Gasteiger partial charge in [-0.1, -0.05) is 40.1 Å². The third kappa shape index (κ3) is 4.61. The van der Waals surface area contributed by atoms with Gasteiger partial charge in [0, 0.05) is 9.38 Å². The second-order valence-corrected chi connectivity index (χ2v) is 4.32. The number of azide groups is 1. The van der Waals surface area contributed by atoms with E-state index in [1.54, 1.807) is 12.1 Å². The molecule has 1 aromatic rings. The Morgan fingerprint density at radius 1 is 1.50 bits per heavy atom. The quantitative estimate of drug-likeness (QED) is 0.270. The van der Waals surface area contributed by atoms with Gasteiger partial charge in [-0.2, -0.15) is 0 Å². The molecule has 0 amide bonds. The molecule has 0 saturated carbocycles. The fourth-order valence-corrected chi connectivity index (χ4v) is 1.43. The molecular formula is C12H12BrN3O2. The van der Waals surface area contributed by atoms with Gasteiger partial charge in [0.15, 0.2) is 0 Å². The Kier molecular flexibility index (Phi) is 5.97. The molecule has 18 heavy (non-hydrogen) atoms. The Bertz CT molecular complexity index is 491. The molecule has 5 nitrogen and oxygen atoms in total. The highest BCUT2D eigenvalue weighted by molar-refractivity contribution is 9.10. The lowest BCUT2D eigenvalue weighted by Gasteiger charge is -2.02. The zero-order valence-corrected chi connectivity index (χ0v) is 11.4. The van der Waals surface area contributed by atoms with Crippen LogP contribution in [-0.4, -0.2) is 12.6 Å². The molecule has 0 aliphatic rings. The van der Waals surface area contributed by atoms with E-state index >= 15 is 0 Å². The van der Waals surface area contributed by atoms with Crippen LogP contribution in [0.25, 0.3) is 16.5 Å². The molecule has 1 aromatic carbocycles. The molecule has 0 radical (unpaired) electrons. The number of benzene rings is 1. The summed E-state index contributed by atoms with van der Waals surface area (Å²) >= 11 is 3.31. The van der Waals surface area contributed by atoms with Crippen LogP contribution in [0.15, 0.2) is 39.5 Å². The predicted molar refractivity (Wildman–Crippen MR) is 72.5 cm³/mol. The van der Waals surface area contributed by atoms with E-state index in [-0.39, 0.29) is 5.70 Å².